The van der Waals surface area contributed by atoms with Crippen molar-refractivity contribution in [2.75, 3.05) is 20.2 Å². The van der Waals surface area contributed by atoms with E-state index in [4.69, 9.17) is 4.74 Å². The van der Waals surface area contributed by atoms with Gasteiger partial charge in [-0.05, 0) is 32.1 Å². The molecule has 6 heteroatoms. The highest BCUT2D eigenvalue weighted by atomic mass is 16.5. The Morgan fingerprint density at radius 3 is 2.55 bits per heavy atom. The molecule has 0 bridgehead atoms. The molecule has 0 spiro atoms. The summed E-state index contributed by atoms with van der Waals surface area (Å²) in [6, 6.07) is 0.550. The molecule has 0 saturated heterocycles. The number of amides is 1. The average molecular weight is 312 g/mol. The summed E-state index contributed by atoms with van der Waals surface area (Å²) < 4.78 is 4.97. The van der Waals surface area contributed by atoms with Crippen LogP contribution in [0, 0.1) is 5.92 Å². The highest BCUT2D eigenvalue weighted by molar-refractivity contribution is 5.80. The van der Waals surface area contributed by atoms with Gasteiger partial charge in [-0.15, -0.1) is 0 Å². The van der Waals surface area contributed by atoms with Gasteiger partial charge in [0.15, 0.2) is 5.96 Å². The molecule has 128 valence electrons. The van der Waals surface area contributed by atoms with Crippen LogP contribution in [-0.2, 0) is 4.74 Å². The van der Waals surface area contributed by atoms with E-state index in [2.05, 4.69) is 34.8 Å². The third-order valence-electron chi connectivity index (χ3n) is 3.79. The number of hydrogen-bond acceptors (Lipinski definition) is 3. The molecule has 0 heterocycles. The molecule has 1 rings (SSSR count). The van der Waals surface area contributed by atoms with E-state index in [9.17, 15) is 4.79 Å². The largest absolute Gasteiger partial charge is 0.450 e. The smallest absolute Gasteiger partial charge is 0.407 e. The Kier molecular flexibility index (Phi) is 8.70. The first-order valence-corrected chi connectivity index (χ1v) is 8.45. The fourth-order valence-corrected chi connectivity index (χ4v) is 2.78. The van der Waals surface area contributed by atoms with Crippen molar-refractivity contribution in [3.05, 3.63) is 0 Å². The minimum atomic E-state index is -0.353. The molecule has 3 N–H and O–H groups in total. The van der Waals surface area contributed by atoms with Gasteiger partial charge in [0.2, 0.25) is 0 Å². The van der Waals surface area contributed by atoms with Gasteiger partial charge in [0.1, 0.15) is 0 Å². The van der Waals surface area contributed by atoms with Gasteiger partial charge < -0.3 is 20.7 Å². The number of nitrogens with zero attached hydrogens (tertiary/aromatic N) is 1. The van der Waals surface area contributed by atoms with Crippen LogP contribution >= 0.6 is 0 Å². The van der Waals surface area contributed by atoms with Gasteiger partial charge in [0, 0.05) is 25.7 Å². The minimum absolute atomic E-state index is 0.0289. The lowest BCUT2D eigenvalue weighted by atomic mass is 10.0. The fraction of sp³-hybridized carbons (Fsp3) is 0.875. The highest BCUT2D eigenvalue weighted by Crippen LogP contribution is 2.17. The second kappa shape index (κ2) is 10.3. The van der Waals surface area contributed by atoms with Crippen molar-refractivity contribution in [1.82, 2.24) is 16.0 Å². The Morgan fingerprint density at radius 1 is 1.32 bits per heavy atom. The van der Waals surface area contributed by atoms with Crippen LogP contribution in [0.25, 0.3) is 0 Å². The molecule has 6 nitrogen and oxygen atoms in total. The Balaban J connectivity index is 2.43. The van der Waals surface area contributed by atoms with Gasteiger partial charge in [-0.2, -0.15) is 0 Å². The van der Waals surface area contributed by atoms with Gasteiger partial charge in [-0.3, -0.25) is 4.99 Å². The maximum absolute atomic E-state index is 11.6. The van der Waals surface area contributed by atoms with Gasteiger partial charge in [-0.1, -0.05) is 26.7 Å². The summed E-state index contributed by atoms with van der Waals surface area (Å²) in [7, 11) is 1.78. The molecular formula is C16H32N4O2. The normalized spacial score (nSPS) is 17.4. The van der Waals surface area contributed by atoms with Crippen molar-refractivity contribution in [1.29, 1.82) is 0 Å². The van der Waals surface area contributed by atoms with E-state index in [1.165, 1.54) is 25.7 Å². The lowest BCUT2D eigenvalue weighted by Gasteiger charge is -2.23. The van der Waals surface area contributed by atoms with Crippen LogP contribution in [0.15, 0.2) is 4.99 Å². The molecule has 1 fully saturated rings. The molecule has 1 saturated carbocycles. The summed E-state index contributed by atoms with van der Waals surface area (Å²) in [6.45, 7) is 7.13. The molecule has 0 aliphatic heterocycles. The zero-order valence-corrected chi connectivity index (χ0v) is 14.4. The zero-order chi connectivity index (χ0) is 16.4. The van der Waals surface area contributed by atoms with Crippen LogP contribution in [0.1, 0.15) is 52.9 Å². The fourth-order valence-electron chi connectivity index (χ4n) is 2.78. The molecule has 0 radical (unpaired) electrons. The summed E-state index contributed by atoms with van der Waals surface area (Å²) in [5, 5.41) is 9.68. The second-order valence-corrected chi connectivity index (χ2v) is 6.27. The van der Waals surface area contributed by atoms with Gasteiger partial charge in [0.25, 0.3) is 0 Å². The lowest BCUT2D eigenvalue weighted by molar-refractivity contribution is 0.146. The first-order valence-electron chi connectivity index (χ1n) is 8.45. The van der Waals surface area contributed by atoms with Crippen LogP contribution < -0.4 is 16.0 Å². The van der Waals surface area contributed by atoms with Crippen molar-refractivity contribution < 1.29 is 9.53 Å². The Labute approximate surface area is 134 Å². The SMILES string of the molecule is CCOC(=O)NC(CNC(=NC)NC1CCCC1)CC(C)C. The van der Waals surface area contributed by atoms with Gasteiger partial charge in [0.05, 0.1) is 6.61 Å². The maximum Gasteiger partial charge on any atom is 0.407 e. The van der Waals surface area contributed by atoms with Gasteiger partial charge >= 0.3 is 6.09 Å². The summed E-state index contributed by atoms with van der Waals surface area (Å²) >= 11 is 0. The molecule has 0 aromatic carbocycles. The van der Waals surface area contributed by atoms with Crippen LogP contribution in [0.2, 0.25) is 0 Å². The van der Waals surface area contributed by atoms with Crippen LogP contribution in [0.5, 0.6) is 0 Å². The number of alkyl carbamates (subject to hydrolysis) is 1. The Morgan fingerprint density at radius 2 is 2.00 bits per heavy atom. The monoisotopic (exact) mass is 312 g/mol. The average Bonchev–Trinajstić information content (AvgIpc) is 2.95. The number of nitrogens with one attached hydrogen (secondary N) is 3. The third-order valence-corrected chi connectivity index (χ3v) is 3.79. The first kappa shape index (κ1) is 18.6. The molecular weight excluding hydrogens is 280 g/mol. The number of carbonyl (C=O) groups is 1. The summed E-state index contributed by atoms with van der Waals surface area (Å²) in [6.07, 6.45) is 5.53. The number of rotatable bonds is 7. The van der Waals surface area contributed by atoms with Crippen molar-refractivity contribution >= 4 is 12.1 Å². The zero-order valence-electron chi connectivity index (χ0n) is 14.4. The first-order chi connectivity index (χ1) is 10.5. The van der Waals surface area contributed by atoms with Crippen molar-refractivity contribution in [2.24, 2.45) is 10.9 Å². The lowest BCUT2D eigenvalue weighted by Crippen LogP contribution is -2.49. The van der Waals surface area contributed by atoms with Crippen LogP contribution in [0.4, 0.5) is 4.79 Å². The summed E-state index contributed by atoms with van der Waals surface area (Å²) in [5.41, 5.74) is 0. The molecule has 1 aliphatic rings. The molecule has 1 unspecified atom stereocenters. The summed E-state index contributed by atoms with van der Waals surface area (Å²) in [4.78, 5) is 15.9. The van der Waals surface area contributed by atoms with E-state index in [-0.39, 0.29) is 12.1 Å². The van der Waals surface area contributed by atoms with E-state index < -0.39 is 0 Å². The van der Waals surface area contributed by atoms with E-state index >= 15 is 0 Å². The number of aliphatic imine (C=N–C) groups is 1. The maximum atomic E-state index is 11.6. The van der Waals surface area contributed by atoms with E-state index in [1.807, 2.05) is 6.92 Å². The topological polar surface area (TPSA) is 74.8 Å². The second-order valence-electron chi connectivity index (χ2n) is 6.27. The molecule has 22 heavy (non-hydrogen) atoms. The van der Waals surface area contributed by atoms with Crippen molar-refractivity contribution in [3.63, 3.8) is 0 Å². The highest BCUT2D eigenvalue weighted by Gasteiger charge is 2.18. The molecule has 1 atom stereocenters. The van der Waals surface area contributed by atoms with E-state index in [0.29, 0.717) is 25.1 Å². The minimum Gasteiger partial charge on any atom is -0.450 e. The predicted molar refractivity (Wildman–Crippen MR) is 90.2 cm³/mol. The molecule has 1 aliphatic carbocycles. The van der Waals surface area contributed by atoms with E-state index in [0.717, 1.165) is 12.4 Å². The Bertz CT molecular complexity index is 352. The van der Waals surface area contributed by atoms with Crippen LogP contribution in [0.3, 0.4) is 0 Å². The molecule has 0 aromatic rings. The van der Waals surface area contributed by atoms with Gasteiger partial charge in [-0.25, -0.2) is 4.79 Å². The van der Waals surface area contributed by atoms with Crippen molar-refractivity contribution in [2.45, 2.75) is 65.0 Å². The number of ether oxygens (including phenoxy) is 1. The predicted octanol–water partition coefficient (Wildman–Crippen LogP) is 2.25. The van der Waals surface area contributed by atoms with E-state index in [1.54, 1.807) is 7.05 Å². The third kappa shape index (κ3) is 7.52. The number of hydrogen-bond donors (Lipinski definition) is 3. The number of carbonyl (C=O) groups excluding carboxylic acids is 1. The van der Waals surface area contributed by atoms with Crippen molar-refractivity contribution in [3.8, 4) is 0 Å². The Hall–Kier alpha value is -1.46. The molecule has 0 aromatic heterocycles. The molecule has 1 amide bonds. The number of guanidine groups is 1. The summed E-state index contributed by atoms with van der Waals surface area (Å²) in [5.74, 6) is 1.31. The standard InChI is InChI=1S/C16H32N4O2/c1-5-22-16(21)20-14(10-12(2)3)11-18-15(17-4)19-13-8-6-7-9-13/h12-14H,5-11H2,1-4H3,(H,20,21)(H2,17,18,19). The van der Waals surface area contributed by atoms with Crippen LogP contribution in [-0.4, -0.2) is 44.3 Å². The quantitative estimate of drug-likeness (QED) is 0.498.